The molecule has 5 rings (SSSR count). The lowest BCUT2D eigenvalue weighted by Gasteiger charge is -2.32. The minimum absolute atomic E-state index is 0.194. The van der Waals surface area contributed by atoms with Gasteiger partial charge in [0.1, 0.15) is 6.10 Å². The quantitative estimate of drug-likeness (QED) is 0.356. The maximum Gasteiger partial charge on any atom is 0.258 e. The Morgan fingerprint density at radius 3 is 2.81 bits per heavy atom. The van der Waals surface area contributed by atoms with Crippen molar-refractivity contribution in [1.29, 1.82) is 0 Å². The standard InChI is InChI=1S/C26H26F2N6O2S/c1-16-25(22(37-33-16)11-18-13-29-20-6-2-3-7-21(20)31-18)26(35)32-17-8-9-24(30-12-17)36-19-5-4-10-34(14-19)15-23(27)28/h2-3,6-9,12-13,19,23H,4-5,10-11,14-15H2,1H3,(H,32,35). The largest absolute Gasteiger partial charge is 0.473 e. The molecule has 1 atom stereocenters. The van der Waals surface area contributed by atoms with Crippen molar-refractivity contribution in [3.63, 3.8) is 0 Å². The van der Waals surface area contributed by atoms with E-state index in [9.17, 15) is 13.6 Å². The van der Waals surface area contributed by atoms with Crippen LogP contribution in [0.25, 0.3) is 11.0 Å². The van der Waals surface area contributed by atoms with Gasteiger partial charge in [-0.2, -0.15) is 4.37 Å². The van der Waals surface area contributed by atoms with Gasteiger partial charge in [0.2, 0.25) is 5.88 Å². The molecular formula is C26H26F2N6O2S. The third-order valence-corrected chi connectivity index (χ3v) is 7.07. The van der Waals surface area contributed by atoms with Gasteiger partial charge in [-0.05, 0) is 56.0 Å². The number of piperidine rings is 1. The Morgan fingerprint density at radius 1 is 1.19 bits per heavy atom. The van der Waals surface area contributed by atoms with Gasteiger partial charge in [0.05, 0.1) is 46.4 Å². The van der Waals surface area contributed by atoms with Crippen LogP contribution >= 0.6 is 11.5 Å². The molecule has 1 fully saturated rings. The zero-order valence-electron chi connectivity index (χ0n) is 20.2. The van der Waals surface area contributed by atoms with Crippen molar-refractivity contribution >= 4 is 34.2 Å². The van der Waals surface area contributed by atoms with Crippen LogP contribution in [-0.4, -0.2) is 62.3 Å². The second kappa shape index (κ2) is 11.2. The maximum atomic E-state index is 13.1. The number of amides is 1. The van der Waals surface area contributed by atoms with Crippen LogP contribution in [0.3, 0.4) is 0 Å². The summed E-state index contributed by atoms with van der Waals surface area (Å²) in [5, 5.41) is 2.88. The molecule has 1 aliphatic rings. The van der Waals surface area contributed by atoms with E-state index in [0.29, 0.717) is 42.3 Å². The van der Waals surface area contributed by atoms with E-state index in [-0.39, 0.29) is 18.6 Å². The Balaban J connectivity index is 1.22. The van der Waals surface area contributed by atoms with Gasteiger partial charge in [-0.25, -0.2) is 18.7 Å². The second-order valence-corrected chi connectivity index (χ2v) is 9.82. The molecule has 1 N–H and O–H groups in total. The molecule has 1 saturated heterocycles. The van der Waals surface area contributed by atoms with Crippen molar-refractivity contribution in [2.45, 2.75) is 38.7 Å². The van der Waals surface area contributed by atoms with Gasteiger partial charge in [-0.15, -0.1) is 0 Å². The first-order valence-corrected chi connectivity index (χ1v) is 12.8. The van der Waals surface area contributed by atoms with Crippen LogP contribution in [0.5, 0.6) is 5.88 Å². The first-order valence-electron chi connectivity index (χ1n) is 12.0. The predicted octanol–water partition coefficient (Wildman–Crippen LogP) is 4.74. The lowest BCUT2D eigenvalue weighted by atomic mass is 10.1. The van der Waals surface area contributed by atoms with Gasteiger partial charge in [0.25, 0.3) is 12.3 Å². The number of pyridine rings is 1. The highest BCUT2D eigenvalue weighted by Gasteiger charge is 2.24. The van der Waals surface area contributed by atoms with E-state index < -0.39 is 6.43 Å². The number of carbonyl (C=O) groups excluding carboxylic acids is 1. The summed E-state index contributed by atoms with van der Waals surface area (Å²) in [6, 6.07) is 11.0. The number of hydrogen-bond donors (Lipinski definition) is 1. The summed E-state index contributed by atoms with van der Waals surface area (Å²) in [5.41, 5.74) is 4.05. The summed E-state index contributed by atoms with van der Waals surface area (Å²) >= 11 is 1.28. The van der Waals surface area contributed by atoms with Crippen LogP contribution in [0.2, 0.25) is 0 Å². The normalized spacial score (nSPS) is 16.3. The van der Waals surface area contributed by atoms with Gasteiger partial charge in [-0.1, -0.05) is 12.1 Å². The van der Waals surface area contributed by atoms with Crippen molar-refractivity contribution in [1.82, 2.24) is 24.2 Å². The lowest BCUT2D eigenvalue weighted by Crippen LogP contribution is -2.43. The molecule has 1 unspecified atom stereocenters. The molecule has 192 valence electrons. The molecule has 4 aromatic rings. The van der Waals surface area contributed by atoms with Crippen molar-refractivity contribution < 1.29 is 18.3 Å². The monoisotopic (exact) mass is 524 g/mol. The van der Waals surface area contributed by atoms with E-state index in [2.05, 4.69) is 24.6 Å². The highest BCUT2D eigenvalue weighted by atomic mass is 32.1. The maximum absolute atomic E-state index is 13.1. The number of alkyl halides is 2. The number of benzene rings is 1. The van der Waals surface area contributed by atoms with E-state index in [0.717, 1.165) is 34.4 Å². The molecule has 4 heterocycles. The molecule has 11 heteroatoms. The van der Waals surface area contributed by atoms with Gasteiger partial charge in [0, 0.05) is 30.1 Å². The van der Waals surface area contributed by atoms with Crippen LogP contribution < -0.4 is 10.1 Å². The summed E-state index contributed by atoms with van der Waals surface area (Å²) in [5.74, 6) is 0.117. The molecule has 0 saturated carbocycles. The topological polar surface area (TPSA) is 93.1 Å². The summed E-state index contributed by atoms with van der Waals surface area (Å²) in [6.07, 6.45) is 2.73. The Hall–Kier alpha value is -3.57. The molecule has 1 aromatic carbocycles. The number of hydrogen-bond acceptors (Lipinski definition) is 8. The zero-order chi connectivity index (χ0) is 25.8. The molecule has 0 bridgehead atoms. The second-order valence-electron chi connectivity index (χ2n) is 8.96. The van der Waals surface area contributed by atoms with E-state index in [1.807, 2.05) is 24.3 Å². The molecule has 3 aromatic heterocycles. The fourth-order valence-electron chi connectivity index (χ4n) is 4.43. The minimum atomic E-state index is -2.36. The molecular weight excluding hydrogens is 498 g/mol. The van der Waals surface area contributed by atoms with Gasteiger partial charge in [0.15, 0.2) is 0 Å². The summed E-state index contributed by atoms with van der Waals surface area (Å²) in [7, 11) is 0. The number of fused-ring (bicyclic) bond motifs is 1. The van der Waals surface area contributed by atoms with Crippen LogP contribution in [0, 0.1) is 6.92 Å². The highest BCUT2D eigenvalue weighted by Crippen LogP contribution is 2.24. The van der Waals surface area contributed by atoms with Gasteiger partial charge >= 0.3 is 0 Å². The highest BCUT2D eigenvalue weighted by molar-refractivity contribution is 7.06. The first kappa shape index (κ1) is 25.1. The number of carbonyl (C=O) groups is 1. The fraction of sp³-hybridized carbons (Fsp3) is 0.346. The number of likely N-dealkylation sites (tertiary alicyclic amines) is 1. The third kappa shape index (κ3) is 6.23. The zero-order valence-corrected chi connectivity index (χ0v) is 21.0. The minimum Gasteiger partial charge on any atom is -0.473 e. The number of nitrogens with zero attached hydrogens (tertiary/aromatic N) is 5. The van der Waals surface area contributed by atoms with Gasteiger partial charge in [-0.3, -0.25) is 14.7 Å². The molecule has 37 heavy (non-hydrogen) atoms. The van der Waals surface area contributed by atoms with Crippen molar-refractivity contribution in [3.05, 3.63) is 70.6 Å². The smallest absolute Gasteiger partial charge is 0.258 e. The third-order valence-electron chi connectivity index (χ3n) is 6.14. The molecule has 1 amide bonds. The number of halogens is 2. The number of ether oxygens (including phenoxy) is 1. The van der Waals surface area contributed by atoms with Crippen molar-refractivity contribution in [3.8, 4) is 5.88 Å². The van der Waals surface area contributed by atoms with Crippen LogP contribution in [0.15, 0.2) is 48.8 Å². The summed E-state index contributed by atoms with van der Waals surface area (Å²) in [4.78, 5) is 29.1. The van der Waals surface area contributed by atoms with Gasteiger partial charge < -0.3 is 10.1 Å². The number of aryl methyl sites for hydroxylation is 1. The first-order chi connectivity index (χ1) is 17.9. The predicted molar refractivity (Wildman–Crippen MR) is 137 cm³/mol. The van der Waals surface area contributed by atoms with Crippen molar-refractivity contribution in [2.75, 3.05) is 25.0 Å². The van der Waals surface area contributed by atoms with Crippen LogP contribution in [0.1, 0.15) is 39.5 Å². The lowest BCUT2D eigenvalue weighted by molar-refractivity contribution is 0.0368. The average molecular weight is 525 g/mol. The summed E-state index contributed by atoms with van der Waals surface area (Å²) < 4.78 is 35.7. The average Bonchev–Trinajstić information content (AvgIpc) is 3.24. The van der Waals surface area contributed by atoms with E-state index in [4.69, 9.17) is 4.74 Å². The molecule has 0 radical (unpaired) electrons. The van der Waals surface area contributed by atoms with Crippen LogP contribution in [-0.2, 0) is 6.42 Å². The molecule has 0 spiro atoms. The fourth-order valence-corrected chi connectivity index (χ4v) is 5.31. The Kier molecular flexibility index (Phi) is 7.61. The molecule has 1 aliphatic heterocycles. The number of aromatic nitrogens is 4. The van der Waals surface area contributed by atoms with Crippen LogP contribution in [0.4, 0.5) is 14.5 Å². The Labute approximate surface area is 216 Å². The number of anilines is 1. The molecule has 8 nitrogen and oxygen atoms in total. The number of para-hydroxylation sites is 2. The van der Waals surface area contributed by atoms with E-state index >= 15 is 0 Å². The van der Waals surface area contributed by atoms with E-state index in [1.54, 1.807) is 30.2 Å². The number of rotatable bonds is 8. The van der Waals surface area contributed by atoms with E-state index in [1.165, 1.54) is 17.7 Å². The Bertz CT molecular complexity index is 1380. The Morgan fingerprint density at radius 2 is 2.03 bits per heavy atom. The van der Waals surface area contributed by atoms with Crippen molar-refractivity contribution in [2.24, 2.45) is 0 Å². The SMILES string of the molecule is Cc1nsc(Cc2cnc3ccccc3n2)c1C(=O)Nc1ccc(OC2CCCN(CC(F)F)C2)nc1. The molecule has 0 aliphatic carbocycles. The number of nitrogens with one attached hydrogen (secondary N) is 1. The summed E-state index contributed by atoms with van der Waals surface area (Å²) in [6.45, 7) is 2.65.